The molecule has 0 aliphatic rings. The van der Waals surface area contributed by atoms with Crippen LogP contribution in [0.15, 0.2) is 45.3 Å². The van der Waals surface area contributed by atoms with E-state index in [1.165, 1.54) is 24.0 Å². The minimum absolute atomic E-state index is 0.158. The second-order valence-electron chi connectivity index (χ2n) is 5.08. The van der Waals surface area contributed by atoms with Gasteiger partial charge in [0.2, 0.25) is 0 Å². The van der Waals surface area contributed by atoms with Crippen LogP contribution in [0.3, 0.4) is 0 Å². The summed E-state index contributed by atoms with van der Waals surface area (Å²) in [5.41, 5.74) is 0.866. The summed E-state index contributed by atoms with van der Waals surface area (Å²) in [6, 6.07) is 7.15. The number of nitrogens with one attached hydrogen (secondary N) is 2. The first-order valence-electron chi connectivity index (χ1n) is 6.77. The number of rotatable bonds is 6. The molecule has 0 unspecified atom stereocenters. The second-order valence-corrected chi connectivity index (χ2v) is 6.52. The van der Waals surface area contributed by atoms with Crippen molar-refractivity contribution in [1.82, 2.24) is 15.3 Å². The van der Waals surface area contributed by atoms with Gasteiger partial charge in [-0.1, -0.05) is 43.3 Å². The predicted molar refractivity (Wildman–Crippen MR) is 87.0 cm³/mol. The molecule has 0 spiro atoms. The maximum absolute atomic E-state index is 11.3. The van der Waals surface area contributed by atoms with E-state index in [0.717, 1.165) is 22.0 Å². The van der Waals surface area contributed by atoms with Crippen LogP contribution in [0, 0.1) is 5.92 Å². The molecule has 0 aliphatic heterocycles. The van der Waals surface area contributed by atoms with Gasteiger partial charge in [0.25, 0.3) is 5.56 Å². The lowest BCUT2D eigenvalue weighted by Gasteiger charge is -2.12. The average Bonchev–Trinajstić information content (AvgIpc) is 2.41. The molecule has 4 nitrogen and oxygen atoms in total. The maximum atomic E-state index is 11.3. The minimum atomic E-state index is -0.158. The summed E-state index contributed by atoms with van der Waals surface area (Å²) in [5.74, 6) is 0.579. The molecule has 0 bridgehead atoms. The first kappa shape index (κ1) is 16.1. The molecule has 0 aliphatic carbocycles. The molecular weight excluding hydrogens is 306 g/mol. The molecule has 2 rings (SSSR count). The molecule has 21 heavy (non-hydrogen) atoms. The van der Waals surface area contributed by atoms with Crippen LogP contribution in [-0.2, 0) is 6.54 Å². The Morgan fingerprint density at radius 1 is 1.38 bits per heavy atom. The fraction of sp³-hybridized carbons (Fsp3) is 0.333. The molecule has 0 saturated carbocycles. The number of aromatic nitrogens is 2. The van der Waals surface area contributed by atoms with E-state index in [0.29, 0.717) is 17.6 Å². The molecule has 0 fully saturated rings. The Labute approximate surface area is 133 Å². The van der Waals surface area contributed by atoms with Gasteiger partial charge >= 0.3 is 0 Å². The summed E-state index contributed by atoms with van der Waals surface area (Å²) in [7, 11) is 0. The molecule has 0 saturated heterocycles. The molecule has 0 amide bonds. The Hall–Kier alpha value is -1.30. The number of hydrogen-bond acceptors (Lipinski definition) is 4. The summed E-state index contributed by atoms with van der Waals surface area (Å²) in [6.07, 6.45) is 1.50. The van der Waals surface area contributed by atoms with Gasteiger partial charge in [0.15, 0.2) is 5.16 Å². The molecule has 0 atom stereocenters. The van der Waals surface area contributed by atoms with Crippen LogP contribution in [0.5, 0.6) is 0 Å². The average molecular weight is 324 g/mol. The summed E-state index contributed by atoms with van der Waals surface area (Å²) in [6.45, 7) is 5.94. The Balaban J connectivity index is 2.18. The predicted octanol–water partition coefficient (Wildman–Crippen LogP) is 3.32. The van der Waals surface area contributed by atoms with Crippen LogP contribution < -0.4 is 10.9 Å². The van der Waals surface area contributed by atoms with Crippen molar-refractivity contribution in [2.24, 2.45) is 5.92 Å². The fourth-order valence-corrected chi connectivity index (χ4v) is 3.02. The lowest BCUT2D eigenvalue weighted by atomic mass is 10.2. The van der Waals surface area contributed by atoms with Gasteiger partial charge in [-0.05, 0) is 30.2 Å². The number of aromatic amines is 1. The molecule has 0 radical (unpaired) electrons. The van der Waals surface area contributed by atoms with Crippen molar-refractivity contribution < 1.29 is 0 Å². The summed E-state index contributed by atoms with van der Waals surface area (Å²) >= 11 is 7.71. The molecule has 1 aromatic heterocycles. The molecular formula is C15H18ClN3OS. The zero-order chi connectivity index (χ0) is 15.2. The number of H-pyrrole nitrogens is 1. The van der Waals surface area contributed by atoms with Crippen LogP contribution in [0.2, 0.25) is 5.02 Å². The Morgan fingerprint density at radius 3 is 2.90 bits per heavy atom. The van der Waals surface area contributed by atoms with Crippen molar-refractivity contribution in [3.05, 3.63) is 51.4 Å². The van der Waals surface area contributed by atoms with E-state index in [2.05, 4.69) is 29.1 Å². The Kier molecular flexibility index (Phi) is 5.85. The zero-order valence-corrected chi connectivity index (χ0v) is 13.6. The third-order valence-electron chi connectivity index (χ3n) is 2.78. The quantitative estimate of drug-likeness (QED) is 0.801. The van der Waals surface area contributed by atoms with Crippen LogP contribution in [0.1, 0.15) is 19.4 Å². The van der Waals surface area contributed by atoms with E-state index in [1.807, 2.05) is 18.2 Å². The second kappa shape index (κ2) is 7.64. The monoisotopic (exact) mass is 323 g/mol. The van der Waals surface area contributed by atoms with E-state index in [1.54, 1.807) is 0 Å². The molecule has 6 heteroatoms. The minimum Gasteiger partial charge on any atom is -0.312 e. The van der Waals surface area contributed by atoms with E-state index in [-0.39, 0.29) is 5.56 Å². The summed E-state index contributed by atoms with van der Waals surface area (Å²) < 4.78 is 0. The highest BCUT2D eigenvalue weighted by atomic mass is 35.5. The molecule has 2 N–H and O–H groups in total. The SMILES string of the molecule is CC(C)CNCc1c(Cl)cccc1Sc1nccc(=O)[nH]1. The van der Waals surface area contributed by atoms with Crippen molar-refractivity contribution in [2.45, 2.75) is 30.4 Å². The highest BCUT2D eigenvalue weighted by molar-refractivity contribution is 7.99. The van der Waals surface area contributed by atoms with Gasteiger partial charge in [-0.25, -0.2) is 4.98 Å². The van der Waals surface area contributed by atoms with Gasteiger partial charge in [0.1, 0.15) is 0 Å². The van der Waals surface area contributed by atoms with Gasteiger partial charge < -0.3 is 10.3 Å². The summed E-state index contributed by atoms with van der Waals surface area (Å²) in [4.78, 5) is 19.2. The molecule has 1 heterocycles. The van der Waals surface area contributed by atoms with E-state index in [4.69, 9.17) is 11.6 Å². The Morgan fingerprint density at radius 2 is 2.19 bits per heavy atom. The van der Waals surface area contributed by atoms with Crippen molar-refractivity contribution >= 4 is 23.4 Å². The first-order chi connectivity index (χ1) is 10.1. The van der Waals surface area contributed by atoms with Crippen LogP contribution in [0.4, 0.5) is 0 Å². The van der Waals surface area contributed by atoms with Crippen LogP contribution in [-0.4, -0.2) is 16.5 Å². The molecule has 1 aromatic carbocycles. The maximum Gasteiger partial charge on any atom is 0.251 e. The number of benzene rings is 1. The van der Waals surface area contributed by atoms with Crippen LogP contribution >= 0.6 is 23.4 Å². The highest BCUT2D eigenvalue weighted by Gasteiger charge is 2.09. The standard InChI is InChI=1S/C15H18ClN3OS/c1-10(2)8-17-9-11-12(16)4-3-5-13(11)21-15-18-7-6-14(20)19-15/h3-7,10,17H,8-9H2,1-2H3,(H,18,19,20). The van der Waals surface area contributed by atoms with Gasteiger partial charge in [0.05, 0.1) is 0 Å². The van der Waals surface area contributed by atoms with Gasteiger partial charge in [0, 0.05) is 28.7 Å². The van der Waals surface area contributed by atoms with E-state index < -0.39 is 0 Å². The van der Waals surface area contributed by atoms with Gasteiger partial charge in [-0.2, -0.15) is 0 Å². The lowest BCUT2D eigenvalue weighted by Crippen LogP contribution is -2.19. The van der Waals surface area contributed by atoms with Crippen molar-refractivity contribution in [3.8, 4) is 0 Å². The number of hydrogen-bond donors (Lipinski definition) is 2. The largest absolute Gasteiger partial charge is 0.312 e. The van der Waals surface area contributed by atoms with Crippen molar-refractivity contribution in [2.75, 3.05) is 6.54 Å². The zero-order valence-electron chi connectivity index (χ0n) is 12.0. The third-order valence-corrected chi connectivity index (χ3v) is 4.14. The number of nitrogens with zero attached hydrogens (tertiary/aromatic N) is 1. The third kappa shape index (κ3) is 4.88. The van der Waals surface area contributed by atoms with Crippen molar-refractivity contribution in [3.63, 3.8) is 0 Å². The highest BCUT2D eigenvalue weighted by Crippen LogP contribution is 2.31. The van der Waals surface area contributed by atoms with Crippen molar-refractivity contribution in [1.29, 1.82) is 0 Å². The molecule has 112 valence electrons. The smallest absolute Gasteiger partial charge is 0.251 e. The van der Waals surface area contributed by atoms with Gasteiger partial charge in [-0.15, -0.1) is 0 Å². The normalized spacial score (nSPS) is 11.0. The summed E-state index contributed by atoms with van der Waals surface area (Å²) in [5, 5.41) is 4.67. The first-order valence-corrected chi connectivity index (χ1v) is 7.97. The Bertz CT molecular complexity index is 657. The van der Waals surface area contributed by atoms with E-state index in [9.17, 15) is 4.79 Å². The van der Waals surface area contributed by atoms with Crippen LogP contribution in [0.25, 0.3) is 0 Å². The molecule has 2 aromatic rings. The van der Waals surface area contributed by atoms with Gasteiger partial charge in [-0.3, -0.25) is 4.79 Å². The lowest BCUT2D eigenvalue weighted by molar-refractivity contribution is 0.550. The topological polar surface area (TPSA) is 57.8 Å². The number of halogens is 1. The fourth-order valence-electron chi connectivity index (χ4n) is 1.80. The van der Waals surface area contributed by atoms with E-state index >= 15 is 0 Å².